The maximum Gasteiger partial charge on any atom is 0.302 e. The largest absolute Gasteiger partial charge is 0.466 e. The fourth-order valence-electron chi connectivity index (χ4n) is 2.09. The van der Waals surface area contributed by atoms with E-state index in [4.69, 9.17) is 4.74 Å². The predicted octanol–water partition coefficient (Wildman–Crippen LogP) is 2.38. The third-order valence-corrected chi connectivity index (χ3v) is 2.84. The summed E-state index contributed by atoms with van der Waals surface area (Å²) in [6, 6.07) is 0. The summed E-state index contributed by atoms with van der Waals surface area (Å²) in [6.45, 7) is 4.35. The quantitative estimate of drug-likeness (QED) is 0.608. The van der Waals surface area contributed by atoms with E-state index in [9.17, 15) is 4.79 Å². The van der Waals surface area contributed by atoms with Gasteiger partial charge in [-0.25, -0.2) is 0 Å². The van der Waals surface area contributed by atoms with E-state index in [1.807, 2.05) is 0 Å². The maximum absolute atomic E-state index is 10.6. The Morgan fingerprint density at radius 3 is 2.67 bits per heavy atom. The summed E-state index contributed by atoms with van der Waals surface area (Å²) in [5.74, 6) is 1.29. The standard InChI is InChI=1S/C10H18O2/c1-3-9-5-4-6-10(9)7-12-8(2)11/h9-10H,3-7H2,1-2H3. The molecule has 0 aromatic heterocycles. The fraction of sp³-hybridized carbons (Fsp3) is 0.900. The van der Waals surface area contributed by atoms with Crippen LogP contribution >= 0.6 is 0 Å². The third kappa shape index (κ3) is 2.50. The van der Waals surface area contributed by atoms with E-state index in [0.717, 1.165) is 5.92 Å². The number of carbonyl (C=O) groups is 1. The average molecular weight is 170 g/mol. The minimum absolute atomic E-state index is 0.142. The normalized spacial score (nSPS) is 28.8. The van der Waals surface area contributed by atoms with Gasteiger partial charge in [-0.3, -0.25) is 4.79 Å². The van der Waals surface area contributed by atoms with Crippen LogP contribution in [0, 0.1) is 11.8 Å². The van der Waals surface area contributed by atoms with Crippen LogP contribution in [-0.2, 0) is 9.53 Å². The Morgan fingerprint density at radius 2 is 2.08 bits per heavy atom. The van der Waals surface area contributed by atoms with Crippen LogP contribution in [0.2, 0.25) is 0 Å². The number of ether oxygens (including phenoxy) is 1. The number of esters is 1. The van der Waals surface area contributed by atoms with Gasteiger partial charge in [-0.1, -0.05) is 26.2 Å². The van der Waals surface area contributed by atoms with Crippen LogP contribution in [0.15, 0.2) is 0 Å². The van der Waals surface area contributed by atoms with Gasteiger partial charge in [0.2, 0.25) is 0 Å². The predicted molar refractivity (Wildman–Crippen MR) is 47.8 cm³/mol. The van der Waals surface area contributed by atoms with Crippen molar-refractivity contribution >= 4 is 5.97 Å². The first-order valence-corrected chi connectivity index (χ1v) is 4.87. The monoisotopic (exact) mass is 170 g/mol. The summed E-state index contributed by atoms with van der Waals surface area (Å²) in [6.07, 6.45) is 5.10. The van der Waals surface area contributed by atoms with E-state index in [1.165, 1.54) is 32.6 Å². The van der Waals surface area contributed by atoms with Crippen LogP contribution in [0.4, 0.5) is 0 Å². The molecule has 2 atom stereocenters. The van der Waals surface area contributed by atoms with Gasteiger partial charge in [-0.05, 0) is 18.3 Å². The van der Waals surface area contributed by atoms with E-state index in [2.05, 4.69) is 6.92 Å². The molecule has 0 amide bonds. The minimum atomic E-state index is -0.142. The van der Waals surface area contributed by atoms with Gasteiger partial charge >= 0.3 is 5.97 Å². The summed E-state index contributed by atoms with van der Waals surface area (Å²) < 4.78 is 5.02. The summed E-state index contributed by atoms with van der Waals surface area (Å²) in [5.41, 5.74) is 0. The van der Waals surface area contributed by atoms with Gasteiger partial charge in [0.05, 0.1) is 6.61 Å². The Kier molecular flexibility index (Phi) is 3.57. The molecule has 70 valence electrons. The van der Waals surface area contributed by atoms with Gasteiger partial charge < -0.3 is 4.74 Å². The van der Waals surface area contributed by atoms with Crippen LogP contribution in [0.25, 0.3) is 0 Å². The van der Waals surface area contributed by atoms with Gasteiger partial charge in [-0.2, -0.15) is 0 Å². The van der Waals surface area contributed by atoms with Crippen molar-refractivity contribution in [3.63, 3.8) is 0 Å². The number of hydrogen-bond acceptors (Lipinski definition) is 2. The number of rotatable bonds is 3. The Labute approximate surface area is 74.3 Å². The molecule has 12 heavy (non-hydrogen) atoms. The lowest BCUT2D eigenvalue weighted by Crippen LogP contribution is -2.15. The SMILES string of the molecule is CCC1CCCC1COC(C)=O. The van der Waals surface area contributed by atoms with Crippen LogP contribution in [-0.4, -0.2) is 12.6 Å². The van der Waals surface area contributed by atoms with Crippen LogP contribution in [0.1, 0.15) is 39.5 Å². The first-order chi connectivity index (χ1) is 5.74. The van der Waals surface area contributed by atoms with Crippen molar-refractivity contribution in [3.05, 3.63) is 0 Å². The summed E-state index contributed by atoms with van der Waals surface area (Å²) in [7, 11) is 0. The molecule has 0 aromatic rings. The number of carbonyl (C=O) groups excluding carboxylic acids is 1. The highest BCUT2D eigenvalue weighted by molar-refractivity contribution is 5.65. The van der Waals surface area contributed by atoms with Crippen LogP contribution < -0.4 is 0 Å². The topological polar surface area (TPSA) is 26.3 Å². The average Bonchev–Trinajstić information content (AvgIpc) is 2.47. The molecule has 1 aliphatic carbocycles. The molecule has 0 spiro atoms. The highest BCUT2D eigenvalue weighted by atomic mass is 16.5. The van der Waals surface area contributed by atoms with Crippen molar-refractivity contribution in [2.75, 3.05) is 6.61 Å². The van der Waals surface area contributed by atoms with E-state index < -0.39 is 0 Å². The highest BCUT2D eigenvalue weighted by Crippen LogP contribution is 2.33. The molecule has 1 saturated carbocycles. The fourth-order valence-corrected chi connectivity index (χ4v) is 2.09. The zero-order chi connectivity index (χ0) is 8.97. The van der Waals surface area contributed by atoms with E-state index in [-0.39, 0.29) is 5.97 Å². The van der Waals surface area contributed by atoms with E-state index in [1.54, 1.807) is 0 Å². The van der Waals surface area contributed by atoms with Gasteiger partial charge in [0, 0.05) is 6.92 Å². The lowest BCUT2D eigenvalue weighted by Gasteiger charge is -2.16. The van der Waals surface area contributed by atoms with Crippen molar-refractivity contribution in [1.82, 2.24) is 0 Å². The molecule has 1 fully saturated rings. The second kappa shape index (κ2) is 4.48. The number of hydrogen-bond donors (Lipinski definition) is 0. The van der Waals surface area contributed by atoms with Crippen molar-refractivity contribution < 1.29 is 9.53 Å². The Morgan fingerprint density at radius 1 is 1.42 bits per heavy atom. The molecule has 0 radical (unpaired) electrons. The Bertz CT molecular complexity index is 154. The highest BCUT2D eigenvalue weighted by Gasteiger charge is 2.26. The molecule has 0 N–H and O–H groups in total. The zero-order valence-electron chi connectivity index (χ0n) is 8.01. The molecule has 0 aromatic carbocycles. The molecule has 1 rings (SSSR count). The van der Waals surface area contributed by atoms with Crippen molar-refractivity contribution in [3.8, 4) is 0 Å². The molecule has 2 unspecified atom stereocenters. The van der Waals surface area contributed by atoms with Gasteiger partial charge in [-0.15, -0.1) is 0 Å². The van der Waals surface area contributed by atoms with Crippen molar-refractivity contribution in [2.24, 2.45) is 11.8 Å². The summed E-state index contributed by atoms with van der Waals surface area (Å²) in [5, 5.41) is 0. The smallest absolute Gasteiger partial charge is 0.302 e. The third-order valence-electron chi connectivity index (χ3n) is 2.84. The lowest BCUT2D eigenvalue weighted by atomic mass is 9.95. The van der Waals surface area contributed by atoms with Crippen LogP contribution in [0.5, 0.6) is 0 Å². The molecule has 0 saturated heterocycles. The summed E-state index contributed by atoms with van der Waals surface area (Å²) >= 11 is 0. The molecule has 0 aliphatic heterocycles. The molecule has 2 heteroatoms. The zero-order valence-corrected chi connectivity index (χ0v) is 8.01. The molecule has 0 heterocycles. The van der Waals surface area contributed by atoms with Gasteiger partial charge in [0.25, 0.3) is 0 Å². The second-order valence-corrected chi connectivity index (χ2v) is 3.66. The lowest BCUT2D eigenvalue weighted by molar-refractivity contribution is -0.142. The van der Waals surface area contributed by atoms with Crippen molar-refractivity contribution in [2.45, 2.75) is 39.5 Å². The van der Waals surface area contributed by atoms with Crippen molar-refractivity contribution in [1.29, 1.82) is 0 Å². The van der Waals surface area contributed by atoms with Gasteiger partial charge in [0.15, 0.2) is 0 Å². The van der Waals surface area contributed by atoms with E-state index in [0.29, 0.717) is 12.5 Å². The summed E-state index contributed by atoms with van der Waals surface area (Å²) in [4.78, 5) is 10.6. The first kappa shape index (κ1) is 9.56. The maximum atomic E-state index is 10.6. The molecule has 1 aliphatic rings. The Balaban J connectivity index is 2.26. The van der Waals surface area contributed by atoms with Gasteiger partial charge in [0.1, 0.15) is 0 Å². The molecular formula is C10H18O2. The molecular weight excluding hydrogens is 152 g/mol. The Hall–Kier alpha value is -0.530. The molecule has 2 nitrogen and oxygen atoms in total. The van der Waals surface area contributed by atoms with E-state index >= 15 is 0 Å². The van der Waals surface area contributed by atoms with Crippen LogP contribution in [0.3, 0.4) is 0 Å². The first-order valence-electron chi connectivity index (χ1n) is 4.87. The minimum Gasteiger partial charge on any atom is -0.466 e. The second-order valence-electron chi connectivity index (χ2n) is 3.66. The molecule has 0 bridgehead atoms.